The summed E-state index contributed by atoms with van der Waals surface area (Å²) in [5.41, 5.74) is 0. The van der Waals surface area contributed by atoms with Crippen LogP contribution in [0.5, 0.6) is 0 Å². The Morgan fingerprint density at radius 1 is 1.09 bits per heavy atom. The van der Waals surface area contributed by atoms with Crippen molar-refractivity contribution < 1.29 is 58.9 Å². The maximum Gasteiger partial charge on any atom is 1.00 e. The zero-order valence-electron chi connectivity index (χ0n) is 15.5. The SMILES string of the molecule is C=CCOS(=O)(=O)CCCCC.OCCN(CCO)CCO.[H-].[Na+]. The summed E-state index contributed by atoms with van der Waals surface area (Å²) < 4.78 is 26.6. The number of nitrogens with zero attached hydrogens (tertiary/aromatic N) is 1. The van der Waals surface area contributed by atoms with E-state index in [1.807, 2.05) is 6.92 Å². The Morgan fingerprint density at radius 2 is 1.57 bits per heavy atom. The van der Waals surface area contributed by atoms with E-state index in [0.29, 0.717) is 26.1 Å². The molecule has 0 aromatic rings. The molecule has 0 aromatic carbocycles. The van der Waals surface area contributed by atoms with E-state index in [-0.39, 0.29) is 63.2 Å². The first kappa shape index (κ1) is 28.3. The van der Waals surface area contributed by atoms with Gasteiger partial charge in [-0.05, 0) is 6.42 Å². The molecule has 0 saturated carbocycles. The van der Waals surface area contributed by atoms with Crippen LogP contribution in [0.2, 0.25) is 0 Å². The number of rotatable bonds is 13. The van der Waals surface area contributed by atoms with Crippen LogP contribution >= 0.6 is 0 Å². The van der Waals surface area contributed by atoms with Gasteiger partial charge in [0.2, 0.25) is 0 Å². The van der Waals surface area contributed by atoms with Crippen molar-refractivity contribution >= 4 is 10.1 Å². The third kappa shape index (κ3) is 22.5. The molecule has 0 aliphatic rings. The second kappa shape index (κ2) is 20.5. The van der Waals surface area contributed by atoms with Gasteiger partial charge < -0.3 is 16.7 Å². The predicted molar refractivity (Wildman–Crippen MR) is 88.3 cm³/mol. The minimum absolute atomic E-state index is 0. The van der Waals surface area contributed by atoms with E-state index < -0.39 is 10.1 Å². The zero-order chi connectivity index (χ0) is 17.3. The standard InChI is InChI=1S/C8H16O3S.C6H15NO3.Na.H/c1-3-5-6-8-12(9,10)11-7-4-2;8-4-1-7(2-5-9)3-6-10;;/h4H,2-3,5-8H2,1H3;8-10H,1-6H2;;/q;;+1;-1. The quantitative estimate of drug-likeness (QED) is 0.139. The molecule has 0 aliphatic carbocycles. The largest absolute Gasteiger partial charge is 1.00 e. The number of hydrogen-bond acceptors (Lipinski definition) is 7. The van der Waals surface area contributed by atoms with E-state index in [0.717, 1.165) is 12.8 Å². The van der Waals surface area contributed by atoms with Crippen molar-refractivity contribution in [2.75, 3.05) is 51.8 Å². The molecule has 7 nitrogen and oxygen atoms in total. The molecule has 0 saturated heterocycles. The molecule has 0 rings (SSSR count). The number of hydrogen-bond donors (Lipinski definition) is 3. The van der Waals surface area contributed by atoms with Gasteiger partial charge in [0, 0.05) is 19.6 Å². The molecule has 0 bridgehead atoms. The van der Waals surface area contributed by atoms with Crippen LogP contribution in [0.15, 0.2) is 12.7 Å². The van der Waals surface area contributed by atoms with E-state index in [9.17, 15) is 8.42 Å². The summed E-state index contributed by atoms with van der Waals surface area (Å²) in [5, 5.41) is 25.5. The first-order valence-corrected chi connectivity index (χ1v) is 9.08. The summed E-state index contributed by atoms with van der Waals surface area (Å²) in [6.45, 7) is 7.23. The van der Waals surface area contributed by atoms with Gasteiger partial charge in [-0.1, -0.05) is 25.8 Å². The average molecular weight is 365 g/mol. The van der Waals surface area contributed by atoms with Crippen LogP contribution in [-0.2, 0) is 14.3 Å². The molecule has 0 aliphatic heterocycles. The molecule has 3 N–H and O–H groups in total. The van der Waals surface area contributed by atoms with Crippen LogP contribution in [0.4, 0.5) is 0 Å². The molecule has 0 aromatic heterocycles. The predicted octanol–water partition coefficient (Wildman–Crippen LogP) is -2.91. The van der Waals surface area contributed by atoms with E-state index in [1.165, 1.54) is 6.08 Å². The Hall–Kier alpha value is 0.490. The third-order valence-electron chi connectivity index (χ3n) is 2.61. The van der Waals surface area contributed by atoms with Gasteiger partial charge in [0.15, 0.2) is 0 Å². The van der Waals surface area contributed by atoms with Crippen LogP contribution < -0.4 is 29.6 Å². The van der Waals surface area contributed by atoms with Gasteiger partial charge in [-0.3, -0.25) is 9.08 Å². The summed E-state index contributed by atoms with van der Waals surface area (Å²) in [6, 6.07) is 0. The van der Waals surface area contributed by atoms with E-state index in [1.54, 1.807) is 4.90 Å². The van der Waals surface area contributed by atoms with Gasteiger partial charge in [-0.2, -0.15) is 8.42 Å². The molecule has 0 heterocycles. The van der Waals surface area contributed by atoms with E-state index >= 15 is 0 Å². The summed E-state index contributed by atoms with van der Waals surface area (Å²) in [5.74, 6) is 0.120. The molecule has 0 spiro atoms. The van der Waals surface area contributed by atoms with Crippen molar-refractivity contribution in [3.63, 3.8) is 0 Å². The van der Waals surface area contributed by atoms with Gasteiger partial charge >= 0.3 is 29.6 Å². The van der Waals surface area contributed by atoms with Gasteiger partial charge in [0.25, 0.3) is 10.1 Å². The summed E-state index contributed by atoms with van der Waals surface area (Å²) >= 11 is 0. The Kier molecular flexibility index (Phi) is 25.3. The molecule has 0 amide bonds. The van der Waals surface area contributed by atoms with Gasteiger partial charge in [0.1, 0.15) is 0 Å². The van der Waals surface area contributed by atoms with Gasteiger partial charge in [-0.15, -0.1) is 6.58 Å². The third-order valence-corrected chi connectivity index (χ3v) is 3.90. The summed E-state index contributed by atoms with van der Waals surface area (Å²) in [4.78, 5) is 1.79. The zero-order valence-corrected chi connectivity index (χ0v) is 17.3. The maximum atomic E-state index is 11.0. The number of unbranched alkanes of at least 4 members (excludes halogenated alkanes) is 2. The van der Waals surface area contributed by atoms with Gasteiger partial charge in [-0.25, -0.2) is 0 Å². The molecule has 23 heavy (non-hydrogen) atoms. The first-order chi connectivity index (χ1) is 10.5. The molecule has 136 valence electrons. The molecule has 9 heteroatoms. The maximum absolute atomic E-state index is 11.0. The fourth-order valence-corrected chi connectivity index (χ4v) is 2.48. The topological polar surface area (TPSA) is 107 Å². The first-order valence-electron chi connectivity index (χ1n) is 7.50. The van der Waals surface area contributed by atoms with Crippen molar-refractivity contribution in [1.29, 1.82) is 0 Å². The van der Waals surface area contributed by atoms with Crippen LogP contribution in [0.1, 0.15) is 27.6 Å². The molecular formula is C14H32NNaO6S. The van der Waals surface area contributed by atoms with Crippen molar-refractivity contribution in [2.24, 2.45) is 0 Å². The Bertz CT molecular complexity index is 332. The second-order valence-corrected chi connectivity index (χ2v) is 6.31. The van der Waals surface area contributed by atoms with E-state index in [2.05, 4.69) is 10.8 Å². The van der Waals surface area contributed by atoms with Crippen molar-refractivity contribution in [3.05, 3.63) is 12.7 Å². The average Bonchev–Trinajstić information content (AvgIpc) is 2.47. The minimum Gasteiger partial charge on any atom is -1.00 e. The Labute approximate surface area is 164 Å². The Balaban J connectivity index is -0.000000156. The molecule has 0 unspecified atom stereocenters. The molecular weight excluding hydrogens is 333 g/mol. The fraction of sp³-hybridized carbons (Fsp3) is 0.857. The fourth-order valence-electron chi connectivity index (χ4n) is 1.50. The van der Waals surface area contributed by atoms with Gasteiger partial charge in [0.05, 0.1) is 32.2 Å². The minimum atomic E-state index is -3.29. The summed E-state index contributed by atoms with van der Waals surface area (Å²) in [6.07, 6.45) is 4.04. The number of aliphatic hydroxyl groups excluding tert-OH is 3. The second-order valence-electron chi connectivity index (χ2n) is 4.55. The monoisotopic (exact) mass is 365 g/mol. The van der Waals surface area contributed by atoms with E-state index in [4.69, 9.17) is 15.3 Å². The van der Waals surface area contributed by atoms with Crippen molar-refractivity contribution in [1.82, 2.24) is 4.90 Å². The molecule has 0 radical (unpaired) electrons. The van der Waals surface area contributed by atoms with Crippen LogP contribution in [-0.4, -0.2) is 80.5 Å². The molecule has 0 fully saturated rings. The van der Waals surface area contributed by atoms with Crippen LogP contribution in [0.25, 0.3) is 0 Å². The number of aliphatic hydroxyl groups is 3. The van der Waals surface area contributed by atoms with Crippen molar-refractivity contribution in [2.45, 2.75) is 26.2 Å². The Morgan fingerprint density at radius 3 is 1.91 bits per heavy atom. The smallest absolute Gasteiger partial charge is 1.00 e. The molecule has 0 atom stereocenters. The van der Waals surface area contributed by atoms with Crippen LogP contribution in [0.3, 0.4) is 0 Å². The van der Waals surface area contributed by atoms with Crippen molar-refractivity contribution in [3.8, 4) is 0 Å². The summed E-state index contributed by atoms with van der Waals surface area (Å²) in [7, 11) is -3.29. The van der Waals surface area contributed by atoms with Crippen LogP contribution in [0, 0.1) is 0 Å². The normalized spacial score (nSPS) is 10.7.